The highest BCUT2D eigenvalue weighted by atomic mass is 16.4. The Hall–Kier alpha value is -1.65. The second kappa shape index (κ2) is 6.93. The second-order valence-corrected chi connectivity index (χ2v) is 4.69. The SMILES string of the molecule is Cc1cc(NCCC(C)CCC(=O)O)nc(C)n1. The summed E-state index contributed by atoms with van der Waals surface area (Å²) in [6, 6.07) is 1.91. The Morgan fingerprint density at radius 2 is 2.11 bits per heavy atom. The molecule has 1 unspecified atom stereocenters. The van der Waals surface area contributed by atoms with E-state index < -0.39 is 5.97 Å². The van der Waals surface area contributed by atoms with Gasteiger partial charge in [-0.1, -0.05) is 6.92 Å². The fourth-order valence-corrected chi connectivity index (χ4v) is 1.77. The van der Waals surface area contributed by atoms with Gasteiger partial charge >= 0.3 is 5.97 Å². The van der Waals surface area contributed by atoms with E-state index in [-0.39, 0.29) is 6.42 Å². The first kappa shape index (κ1) is 14.4. The van der Waals surface area contributed by atoms with Crippen molar-refractivity contribution in [3.05, 3.63) is 17.6 Å². The van der Waals surface area contributed by atoms with Crippen LogP contribution < -0.4 is 5.32 Å². The molecule has 5 nitrogen and oxygen atoms in total. The smallest absolute Gasteiger partial charge is 0.303 e. The molecule has 1 atom stereocenters. The van der Waals surface area contributed by atoms with Crippen molar-refractivity contribution in [1.82, 2.24) is 9.97 Å². The summed E-state index contributed by atoms with van der Waals surface area (Å²) in [4.78, 5) is 18.9. The zero-order valence-electron chi connectivity index (χ0n) is 11.2. The zero-order chi connectivity index (χ0) is 13.5. The minimum Gasteiger partial charge on any atom is -0.481 e. The van der Waals surface area contributed by atoms with Crippen LogP contribution in [0.4, 0.5) is 5.82 Å². The van der Waals surface area contributed by atoms with Gasteiger partial charge in [-0.25, -0.2) is 9.97 Å². The Kier molecular flexibility index (Phi) is 5.55. The maximum atomic E-state index is 10.4. The number of carbonyl (C=O) groups is 1. The molecule has 0 radical (unpaired) electrons. The van der Waals surface area contributed by atoms with Crippen LogP contribution in [0.3, 0.4) is 0 Å². The van der Waals surface area contributed by atoms with Gasteiger partial charge in [0.05, 0.1) is 0 Å². The number of rotatable bonds is 7. The predicted octanol–water partition coefficient (Wildman–Crippen LogP) is 2.40. The molecule has 0 fully saturated rings. The van der Waals surface area contributed by atoms with Gasteiger partial charge < -0.3 is 10.4 Å². The van der Waals surface area contributed by atoms with Crippen molar-refractivity contribution in [2.45, 2.75) is 40.0 Å². The summed E-state index contributed by atoms with van der Waals surface area (Å²) in [7, 11) is 0. The van der Waals surface area contributed by atoms with Crippen LogP contribution in [-0.2, 0) is 4.79 Å². The van der Waals surface area contributed by atoms with Crippen LogP contribution in [0.2, 0.25) is 0 Å². The van der Waals surface area contributed by atoms with Crippen molar-refractivity contribution in [1.29, 1.82) is 0 Å². The number of aliphatic carboxylic acids is 1. The van der Waals surface area contributed by atoms with Gasteiger partial charge in [-0.2, -0.15) is 0 Å². The van der Waals surface area contributed by atoms with Crippen molar-refractivity contribution in [3.63, 3.8) is 0 Å². The summed E-state index contributed by atoms with van der Waals surface area (Å²) in [5.74, 6) is 1.27. The first-order chi connectivity index (χ1) is 8.47. The fraction of sp³-hybridized carbons (Fsp3) is 0.615. The molecule has 0 saturated heterocycles. The molecule has 100 valence electrons. The third-order valence-electron chi connectivity index (χ3n) is 2.76. The van der Waals surface area contributed by atoms with Gasteiger partial charge in [0.15, 0.2) is 0 Å². The zero-order valence-corrected chi connectivity index (χ0v) is 11.2. The second-order valence-electron chi connectivity index (χ2n) is 4.69. The van der Waals surface area contributed by atoms with Gasteiger partial charge in [0.1, 0.15) is 11.6 Å². The lowest BCUT2D eigenvalue weighted by Crippen LogP contribution is -2.10. The minimum absolute atomic E-state index is 0.243. The van der Waals surface area contributed by atoms with Gasteiger partial charge in [0.2, 0.25) is 0 Å². The highest BCUT2D eigenvalue weighted by Crippen LogP contribution is 2.11. The van der Waals surface area contributed by atoms with E-state index in [1.807, 2.05) is 19.9 Å². The van der Waals surface area contributed by atoms with Gasteiger partial charge in [-0.05, 0) is 32.6 Å². The molecular formula is C13H21N3O2. The fourth-order valence-electron chi connectivity index (χ4n) is 1.77. The molecule has 0 spiro atoms. The van der Waals surface area contributed by atoms with Crippen molar-refractivity contribution < 1.29 is 9.90 Å². The monoisotopic (exact) mass is 251 g/mol. The molecule has 0 bridgehead atoms. The number of hydrogen-bond donors (Lipinski definition) is 2. The molecule has 0 aliphatic rings. The lowest BCUT2D eigenvalue weighted by Gasteiger charge is -2.11. The molecule has 1 aromatic rings. The van der Waals surface area contributed by atoms with Crippen LogP contribution in [0, 0.1) is 19.8 Å². The highest BCUT2D eigenvalue weighted by molar-refractivity contribution is 5.66. The van der Waals surface area contributed by atoms with Crippen LogP contribution >= 0.6 is 0 Å². The van der Waals surface area contributed by atoms with E-state index >= 15 is 0 Å². The lowest BCUT2D eigenvalue weighted by atomic mass is 10.0. The van der Waals surface area contributed by atoms with Crippen molar-refractivity contribution >= 4 is 11.8 Å². The first-order valence-electron chi connectivity index (χ1n) is 6.25. The predicted molar refractivity (Wildman–Crippen MR) is 70.6 cm³/mol. The molecule has 0 amide bonds. The molecule has 0 aromatic carbocycles. The van der Waals surface area contributed by atoms with Crippen LogP contribution in [0.15, 0.2) is 6.07 Å². The number of nitrogens with zero attached hydrogens (tertiary/aromatic N) is 2. The number of aryl methyl sites for hydroxylation is 2. The summed E-state index contributed by atoms with van der Waals surface area (Å²) in [6.07, 6.45) is 1.90. The summed E-state index contributed by atoms with van der Waals surface area (Å²) in [5, 5.41) is 11.8. The van der Waals surface area contributed by atoms with E-state index in [0.29, 0.717) is 5.92 Å². The van der Waals surface area contributed by atoms with E-state index in [1.165, 1.54) is 0 Å². The van der Waals surface area contributed by atoms with E-state index in [2.05, 4.69) is 22.2 Å². The Morgan fingerprint density at radius 1 is 1.39 bits per heavy atom. The Labute approximate surface area is 108 Å². The molecule has 0 aliphatic carbocycles. The Morgan fingerprint density at radius 3 is 2.72 bits per heavy atom. The van der Waals surface area contributed by atoms with Gasteiger partial charge in [0, 0.05) is 24.7 Å². The van der Waals surface area contributed by atoms with Crippen LogP contribution in [0.5, 0.6) is 0 Å². The molecular weight excluding hydrogens is 230 g/mol. The third-order valence-corrected chi connectivity index (χ3v) is 2.76. The summed E-state index contributed by atoms with van der Waals surface area (Å²) in [6.45, 7) is 6.68. The molecule has 1 heterocycles. The number of hydrogen-bond acceptors (Lipinski definition) is 4. The Bertz CT molecular complexity index is 387. The van der Waals surface area contributed by atoms with E-state index in [4.69, 9.17) is 5.11 Å². The maximum Gasteiger partial charge on any atom is 0.303 e. The molecule has 18 heavy (non-hydrogen) atoms. The number of anilines is 1. The van der Waals surface area contributed by atoms with Gasteiger partial charge in [-0.15, -0.1) is 0 Å². The normalized spacial score (nSPS) is 12.2. The largest absolute Gasteiger partial charge is 0.481 e. The van der Waals surface area contributed by atoms with Gasteiger partial charge in [0.25, 0.3) is 0 Å². The summed E-state index contributed by atoms with van der Waals surface area (Å²) >= 11 is 0. The number of carboxylic acid groups (broad SMARTS) is 1. The van der Waals surface area contributed by atoms with E-state index in [1.54, 1.807) is 0 Å². The molecule has 1 aromatic heterocycles. The number of nitrogens with one attached hydrogen (secondary N) is 1. The summed E-state index contributed by atoms with van der Waals surface area (Å²) < 4.78 is 0. The summed E-state index contributed by atoms with van der Waals surface area (Å²) in [5.41, 5.74) is 0.948. The standard InChI is InChI=1S/C13H21N3O2/c1-9(4-5-13(17)18)6-7-14-12-8-10(2)15-11(3)16-12/h8-9H,4-7H2,1-3H3,(H,17,18)(H,14,15,16). The van der Waals surface area contributed by atoms with Crippen LogP contribution in [0.25, 0.3) is 0 Å². The number of carboxylic acids is 1. The lowest BCUT2D eigenvalue weighted by molar-refractivity contribution is -0.137. The third kappa shape index (κ3) is 5.61. The maximum absolute atomic E-state index is 10.4. The molecule has 2 N–H and O–H groups in total. The van der Waals surface area contributed by atoms with Crippen LogP contribution in [-0.4, -0.2) is 27.6 Å². The van der Waals surface area contributed by atoms with Gasteiger partial charge in [-0.3, -0.25) is 4.79 Å². The Balaban J connectivity index is 2.30. The van der Waals surface area contributed by atoms with Crippen molar-refractivity contribution in [2.75, 3.05) is 11.9 Å². The first-order valence-corrected chi connectivity index (χ1v) is 6.25. The molecule has 0 saturated carbocycles. The quantitative estimate of drug-likeness (QED) is 0.778. The average Bonchev–Trinajstić information content (AvgIpc) is 2.25. The van der Waals surface area contributed by atoms with E-state index in [0.717, 1.165) is 36.7 Å². The highest BCUT2D eigenvalue weighted by Gasteiger charge is 2.05. The number of aromatic nitrogens is 2. The minimum atomic E-state index is -0.725. The topological polar surface area (TPSA) is 75.1 Å². The van der Waals surface area contributed by atoms with Crippen molar-refractivity contribution in [3.8, 4) is 0 Å². The molecule has 0 aliphatic heterocycles. The molecule has 1 rings (SSSR count). The molecule has 5 heteroatoms. The van der Waals surface area contributed by atoms with E-state index in [9.17, 15) is 4.79 Å². The van der Waals surface area contributed by atoms with Crippen LogP contribution in [0.1, 0.15) is 37.7 Å². The van der Waals surface area contributed by atoms with Crippen molar-refractivity contribution in [2.24, 2.45) is 5.92 Å². The average molecular weight is 251 g/mol.